The summed E-state index contributed by atoms with van der Waals surface area (Å²) in [5.74, 6) is 0.426. The maximum absolute atomic E-state index is 13.3. The fourth-order valence-corrected chi connectivity index (χ4v) is 3.37. The molecule has 4 heteroatoms. The first-order valence-corrected chi connectivity index (χ1v) is 8.57. The van der Waals surface area contributed by atoms with E-state index in [0.29, 0.717) is 12.0 Å². The third-order valence-electron chi connectivity index (χ3n) is 4.87. The van der Waals surface area contributed by atoms with Gasteiger partial charge in [-0.15, -0.1) is 0 Å². The van der Waals surface area contributed by atoms with Crippen molar-refractivity contribution >= 4 is 15.9 Å². The van der Waals surface area contributed by atoms with E-state index in [9.17, 15) is 4.39 Å². The average Bonchev–Trinajstić information content (AvgIpc) is 2.43. The van der Waals surface area contributed by atoms with Gasteiger partial charge in [0.05, 0.1) is 0 Å². The Morgan fingerprint density at radius 3 is 2.76 bits per heavy atom. The van der Waals surface area contributed by atoms with Gasteiger partial charge in [-0.1, -0.05) is 42.8 Å². The molecule has 0 amide bonds. The van der Waals surface area contributed by atoms with Gasteiger partial charge >= 0.3 is 0 Å². The Morgan fingerprint density at radius 1 is 1.48 bits per heavy atom. The Morgan fingerprint density at radius 2 is 2.19 bits per heavy atom. The normalized spacial score (nSPS) is 27.3. The van der Waals surface area contributed by atoms with Crippen molar-refractivity contribution < 1.29 is 4.39 Å². The molecule has 1 saturated heterocycles. The molecular formula is C17H26BrFN2. The van der Waals surface area contributed by atoms with Crippen LogP contribution in [0.25, 0.3) is 0 Å². The first-order valence-electron chi connectivity index (χ1n) is 7.78. The highest BCUT2D eigenvalue weighted by atomic mass is 79.9. The van der Waals surface area contributed by atoms with Gasteiger partial charge < -0.3 is 5.32 Å². The van der Waals surface area contributed by atoms with Crippen molar-refractivity contribution in [3.63, 3.8) is 0 Å². The van der Waals surface area contributed by atoms with Crippen LogP contribution in [-0.4, -0.2) is 29.6 Å². The lowest BCUT2D eigenvalue weighted by Crippen LogP contribution is -2.63. The molecule has 21 heavy (non-hydrogen) atoms. The molecule has 1 aliphatic rings. The van der Waals surface area contributed by atoms with Crippen LogP contribution in [-0.2, 0) is 6.54 Å². The van der Waals surface area contributed by atoms with Crippen molar-refractivity contribution in [3.8, 4) is 0 Å². The molecule has 118 valence electrons. The minimum Gasteiger partial charge on any atom is -0.311 e. The maximum atomic E-state index is 13.3. The second-order valence-electron chi connectivity index (χ2n) is 6.70. The molecule has 1 aliphatic heterocycles. The standard InChI is InChI=1S/C17H26BrFN2/c1-5-17(4)11-20-16(12(2)3)10-21(17)9-13-6-7-14(19)8-15(13)18/h6-8,12,16,20H,5,9-11H2,1-4H3. The monoisotopic (exact) mass is 356 g/mol. The van der Waals surface area contributed by atoms with Gasteiger partial charge in [0, 0.05) is 35.7 Å². The molecule has 1 aromatic carbocycles. The topological polar surface area (TPSA) is 15.3 Å². The molecule has 0 spiro atoms. The number of benzene rings is 1. The molecule has 0 bridgehead atoms. The number of hydrogen-bond donors (Lipinski definition) is 1. The van der Waals surface area contributed by atoms with E-state index in [-0.39, 0.29) is 11.4 Å². The fourth-order valence-electron chi connectivity index (χ4n) is 2.89. The number of halogens is 2. The van der Waals surface area contributed by atoms with Crippen LogP contribution >= 0.6 is 15.9 Å². The second kappa shape index (κ2) is 6.76. The largest absolute Gasteiger partial charge is 0.311 e. The zero-order valence-corrected chi connectivity index (χ0v) is 15.0. The Labute approximate surface area is 136 Å². The molecule has 1 N–H and O–H groups in total. The van der Waals surface area contributed by atoms with E-state index in [1.807, 2.05) is 6.07 Å². The van der Waals surface area contributed by atoms with Crippen LogP contribution < -0.4 is 5.32 Å². The molecule has 2 atom stereocenters. The lowest BCUT2D eigenvalue weighted by molar-refractivity contribution is 0.0315. The van der Waals surface area contributed by atoms with Crippen molar-refractivity contribution in [1.29, 1.82) is 0 Å². The lowest BCUT2D eigenvalue weighted by Gasteiger charge is -2.49. The Bertz CT molecular complexity index is 492. The van der Waals surface area contributed by atoms with E-state index in [4.69, 9.17) is 0 Å². The van der Waals surface area contributed by atoms with Crippen molar-refractivity contribution in [2.24, 2.45) is 5.92 Å². The summed E-state index contributed by atoms with van der Waals surface area (Å²) in [7, 11) is 0. The van der Waals surface area contributed by atoms with Crippen LogP contribution in [0.5, 0.6) is 0 Å². The van der Waals surface area contributed by atoms with E-state index < -0.39 is 0 Å². The van der Waals surface area contributed by atoms with Crippen LogP contribution in [0.2, 0.25) is 0 Å². The van der Waals surface area contributed by atoms with E-state index in [1.54, 1.807) is 12.1 Å². The molecule has 1 aromatic rings. The average molecular weight is 357 g/mol. The SMILES string of the molecule is CCC1(C)CNC(C(C)C)CN1Cc1ccc(F)cc1Br. The smallest absolute Gasteiger partial charge is 0.124 e. The molecule has 1 fully saturated rings. The quantitative estimate of drug-likeness (QED) is 0.869. The molecule has 2 rings (SSSR count). The van der Waals surface area contributed by atoms with Crippen LogP contribution in [0.3, 0.4) is 0 Å². The lowest BCUT2D eigenvalue weighted by atomic mass is 9.89. The highest BCUT2D eigenvalue weighted by Gasteiger charge is 2.37. The van der Waals surface area contributed by atoms with Crippen LogP contribution in [0.15, 0.2) is 22.7 Å². The van der Waals surface area contributed by atoms with Crippen LogP contribution in [0.4, 0.5) is 4.39 Å². The number of rotatable bonds is 4. The number of nitrogens with one attached hydrogen (secondary N) is 1. The molecule has 0 aromatic heterocycles. The number of hydrogen-bond acceptors (Lipinski definition) is 2. The Kier molecular flexibility index (Phi) is 5.44. The van der Waals surface area contributed by atoms with Gasteiger partial charge in [-0.3, -0.25) is 4.90 Å². The minimum absolute atomic E-state index is 0.152. The van der Waals surface area contributed by atoms with Crippen LogP contribution in [0.1, 0.15) is 39.7 Å². The molecule has 1 heterocycles. The summed E-state index contributed by atoms with van der Waals surface area (Å²) in [5, 5.41) is 3.69. The summed E-state index contributed by atoms with van der Waals surface area (Å²) in [6.07, 6.45) is 1.10. The van der Waals surface area contributed by atoms with E-state index in [0.717, 1.165) is 36.1 Å². The van der Waals surface area contributed by atoms with Gasteiger partial charge in [-0.05, 0) is 37.0 Å². The molecule has 0 saturated carbocycles. The zero-order valence-electron chi connectivity index (χ0n) is 13.4. The maximum Gasteiger partial charge on any atom is 0.124 e. The zero-order chi connectivity index (χ0) is 15.6. The Hall–Kier alpha value is -0.450. The molecule has 2 unspecified atom stereocenters. The fraction of sp³-hybridized carbons (Fsp3) is 0.647. The van der Waals surface area contributed by atoms with E-state index >= 15 is 0 Å². The number of piperazine rings is 1. The first-order chi connectivity index (χ1) is 9.85. The van der Waals surface area contributed by atoms with Crippen molar-refractivity contribution in [1.82, 2.24) is 10.2 Å². The van der Waals surface area contributed by atoms with Gasteiger partial charge in [0.25, 0.3) is 0 Å². The van der Waals surface area contributed by atoms with Crippen molar-refractivity contribution in [3.05, 3.63) is 34.1 Å². The predicted molar refractivity (Wildman–Crippen MR) is 89.8 cm³/mol. The summed E-state index contributed by atoms with van der Waals surface area (Å²) in [6.45, 7) is 12.0. The van der Waals surface area contributed by atoms with Gasteiger partial charge in [0.15, 0.2) is 0 Å². The van der Waals surface area contributed by atoms with Gasteiger partial charge in [-0.2, -0.15) is 0 Å². The van der Waals surface area contributed by atoms with E-state index in [2.05, 4.69) is 53.8 Å². The highest BCUT2D eigenvalue weighted by molar-refractivity contribution is 9.10. The minimum atomic E-state index is -0.191. The van der Waals surface area contributed by atoms with Gasteiger partial charge in [0.1, 0.15) is 5.82 Å². The molecular weight excluding hydrogens is 331 g/mol. The molecule has 2 nitrogen and oxygen atoms in total. The van der Waals surface area contributed by atoms with Gasteiger partial charge in [0.2, 0.25) is 0 Å². The second-order valence-corrected chi connectivity index (χ2v) is 7.55. The summed E-state index contributed by atoms with van der Waals surface area (Å²) in [6, 6.07) is 5.51. The molecule has 0 aliphatic carbocycles. The molecule has 0 radical (unpaired) electrons. The summed E-state index contributed by atoms with van der Waals surface area (Å²) in [5.41, 5.74) is 1.31. The third kappa shape index (κ3) is 3.85. The summed E-state index contributed by atoms with van der Waals surface area (Å²) >= 11 is 3.50. The first kappa shape index (κ1) is 16.9. The summed E-state index contributed by atoms with van der Waals surface area (Å²) < 4.78 is 14.1. The highest BCUT2D eigenvalue weighted by Crippen LogP contribution is 2.29. The van der Waals surface area contributed by atoms with Gasteiger partial charge in [-0.25, -0.2) is 4.39 Å². The number of nitrogens with zero attached hydrogens (tertiary/aromatic N) is 1. The predicted octanol–water partition coefficient (Wildman–Crippen LogP) is 4.19. The van der Waals surface area contributed by atoms with Crippen LogP contribution in [0, 0.1) is 11.7 Å². The summed E-state index contributed by atoms with van der Waals surface area (Å²) in [4.78, 5) is 2.55. The van der Waals surface area contributed by atoms with Crippen molar-refractivity contribution in [2.75, 3.05) is 13.1 Å². The Balaban J connectivity index is 2.20. The van der Waals surface area contributed by atoms with E-state index in [1.165, 1.54) is 0 Å². The van der Waals surface area contributed by atoms with Crippen molar-refractivity contribution in [2.45, 2.75) is 52.2 Å². The third-order valence-corrected chi connectivity index (χ3v) is 5.61.